The molecule has 1 saturated heterocycles. The van der Waals surface area contributed by atoms with Gasteiger partial charge in [0.2, 0.25) is 5.95 Å². The number of nitriles is 1. The standard InChI is InChI=1S/C25H28ClN11/c1-25(2,3)15-37-21-6-4-17(12-20(21)33-35-37)30-24-28-14-19(26)23(31-24)29-16-8-10-36(11-9-16)22-7-5-18(13-27)32-34-22/h4-7,12,14,16H,8-11,15H2,1-3H3,(H2,28,29,30,31). The zero-order valence-corrected chi connectivity index (χ0v) is 21.7. The Morgan fingerprint density at radius 3 is 2.62 bits per heavy atom. The summed E-state index contributed by atoms with van der Waals surface area (Å²) in [4.78, 5) is 11.1. The number of nitrogens with one attached hydrogen (secondary N) is 2. The lowest BCUT2D eigenvalue weighted by atomic mass is 9.97. The molecule has 0 bridgehead atoms. The highest BCUT2D eigenvalue weighted by Crippen LogP contribution is 2.27. The van der Waals surface area contributed by atoms with Crippen LogP contribution in [0.1, 0.15) is 39.3 Å². The van der Waals surface area contributed by atoms with E-state index in [0.717, 1.165) is 55.0 Å². The third-order valence-electron chi connectivity index (χ3n) is 6.06. The Labute approximate surface area is 219 Å². The van der Waals surface area contributed by atoms with Crippen LogP contribution in [-0.2, 0) is 6.54 Å². The first-order chi connectivity index (χ1) is 17.8. The van der Waals surface area contributed by atoms with E-state index >= 15 is 0 Å². The fourth-order valence-electron chi connectivity index (χ4n) is 4.27. The van der Waals surface area contributed by atoms with E-state index in [1.54, 1.807) is 12.3 Å². The first-order valence-electron chi connectivity index (χ1n) is 12.2. The van der Waals surface area contributed by atoms with Crippen molar-refractivity contribution in [1.29, 1.82) is 5.26 Å². The van der Waals surface area contributed by atoms with Crippen LogP contribution in [0.5, 0.6) is 0 Å². The van der Waals surface area contributed by atoms with Crippen molar-refractivity contribution < 1.29 is 0 Å². The average molecular weight is 518 g/mol. The van der Waals surface area contributed by atoms with Crippen LogP contribution in [0, 0.1) is 16.7 Å². The number of hydrogen-bond acceptors (Lipinski definition) is 10. The highest BCUT2D eigenvalue weighted by Gasteiger charge is 2.22. The van der Waals surface area contributed by atoms with Crippen molar-refractivity contribution in [2.24, 2.45) is 5.41 Å². The first-order valence-corrected chi connectivity index (χ1v) is 12.5. The summed E-state index contributed by atoms with van der Waals surface area (Å²) in [6, 6.07) is 11.6. The van der Waals surface area contributed by atoms with Gasteiger partial charge in [-0.15, -0.1) is 15.3 Å². The molecule has 1 aliphatic heterocycles. The van der Waals surface area contributed by atoms with Crippen molar-refractivity contribution in [2.75, 3.05) is 28.6 Å². The number of aromatic nitrogens is 7. The summed E-state index contributed by atoms with van der Waals surface area (Å²) in [5.74, 6) is 1.81. The molecule has 0 saturated carbocycles. The molecule has 0 atom stereocenters. The molecule has 0 amide bonds. The zero-order chi connectivity index (χ0) is 26.0. The molecule has 1 fully saturated rings. The lowest BCUT2D eigenvalue weighted by Crippen LogP contribution is -2.39. The monoisotopic (exact) mass is 517 g/mol. The summed E-state index contributed by atoms with van der Waals surface area (Å²) in [7, 11) is 0. The lowest BCUT2D eigenvalue weighted by molar-refractivity contribution is 0.327. The summed E-state index contributed by atoms with van der Waals surface area (Å²) in [5.41, 5.74) is 3.03. The van der Waals surface area contributed by atoms with Gasteiger partial charge in [0.05, 0.1) is 11.7 Å². The van der Waals surface area contributed by atoms with E-state index in [0.29, 0.717) is 22.5 Å². The molecule has 11 nitrogen and oxygen atoms in total. The van der Waals surface area contributed by atoms with Crippen molar-refractivity contribution >= 4 is 45.9 Å². The molecular weight excluding hydrogens is 490 g/mol. The number of piperidine rings is 1. The smallest absolute Gasteiger partial charge is 0.229 e. The van der Waals surface area contributed by atoms with Gasteiger partial charge in [0.1, 0.15) is 16.6 Å². The van der Waals surface area contributed by atoms with Gasteiger partial charge in [-0.05, 0) is 48.6 Å². The van der Waals surface area contributed by atoms with Crippen LogP contribution in [0.4, 0.5) is 23.3 Å². The van der Waals surface area contributed by atoms with Crippen LogP contribution in [0.15, 0.2) is 36.5 Å². The van der Waals surface area contributed by atoms with Gasteiger partial charge in [-0.1, -0.05) is 37.6 Å². The Morgan fingerprint density at radius 2 is 1.92 bits per heavy atom. The average Bonchev–Trinajstić information content (AvgIpc) is 3.27. The molecule has 0 radical (unpaired) electrons. The predicted octanol–water partition coefficient (Wildman–Crippen LogP) is 4.41. The normalized spacial score (nSPS) is 14.5. The Hall–Kier alpha value is -4.04. The number of benzene rings is 1. The summed E-state index contributed by atoms with van der Waals surface area (Å²) in [5, 5.41) is 32.8. The van der Waals surface area contributed by atoms with Crippen molar-refractivity contribution in [1.82, 2.24) is 35.2 Å². The minimum absolute atomic E-state index is 0.104. The molecule has 1 aliphatic rings. The number of nitrogens with zero attached hydrogens (tertiary/aromatic N) is 9. The van der Waals surface area contributed by atoms with E-state index in [1.807, 2.05) is 35.0 Å². The van der Waals surface area contributed by atoms with Gasteiger partial charge >= 0.3 is 0 Å². The second-order valence-corrected chi connectivity index (χ2v) is 10.7. The summed E-state index contributed by atoms with van der Waals surface area (Å²) >= 11 is 6.41. The summed E-state index contributed by atoms with van der Waals surface area (Å²) < 4.78 is 1.93. The van der Waals surface area contributed by atoms with Crippen LogP contribution >= 0.6 is 11.6 Å². The van der Waals surface area contributed by atoms with Gasteiger partial charge in [0, 0.05) is 31.4 Å². The van der Waals surface area contributed by atoms with Crippen molar-refractivity contribution in [2.45, 2.75) is 46.2 Å². The third-order valence-corrected chi connectivity index (χ3v) is 6.34. The van der Waals surface area contributed by atoms with E-state index in [2.05, 4.69) is 66.8 Å². The second-order valence-electron chi connectivity index (χ2n) is 10.3. The number of fused-ring (bicyclic) bond motifs is 1. The van der Waals surface area contributed by atoms with Gasteiger partial charge in [-0.2, -0.15) is 10.2 Å². The second kappa shape index (κ2) is 10.1. The van der Waals surface area contributed by atoms with E-state index in [-0.39, 0.29) is 11.5 Å². The predicted molar refractivity (Wildman–Crippen MR) is 143 cm³/mol. The fourth-order valence-corrected chi connectivity index (χ4v) is 4.42. The third kappa shape index (κ3) is 5.86. The maximum Gasteiger partial charge on any atom is 0.229 e. The molecule has 4 heterocycles. The number of rotatable bonds is 6. The molecule has 4 aromatic rings. The Kier molecular flexibility index (Phi) is 6.76. The summed E-state index contributed by atoms with van der Waals surface area (Å²) in [6.07, 6.45) is 3.36. The molecule has 1 aromatic carbocycles. The molecule has 5 rings (SSSR count). The number of anilines is 4. The Bertz CT molecular complexity index is 1430. The largest absolute Gasteiger partial charge is 0.366 e. The SMILES string of the molecule is CC(C)(C)Cn1nnc2cc(Nc3ncc(Cl)c(NC4CCN(c5ccc(C#N)nn5)CC4)n3)ccc21. The van der Waals surface area contributed by atoms with Gasteiger partial charge < -0.3 is 15.5 Å². The van der Waals surface area contributed by atoms with E-state index in [9.17, 15) is 0 Å². The molecule has 0 aliphatic carbocycles. The fraction of sp³-hybridized carbons (Fsp3) is 0.400. The molecule has 2 N–H and O–H groups in total. The van der Waals surface area contributed by atoms with Crippen LogP contribution in [0.25, 0.3) is 11.0 Å². The van der Waals surface area contributed by atoms with Crippen molar-refractivity contribution in [3.8, 4) is 6.07 Å². The van der Waals surface area contributed by atoms with Crippen LogP contribution in [0.2, 0.25) is 5.02 Å². The first kappa shape index (κ1) is 24.6. The molecule has 0 unspecified atom stereocenters. The molecular formula is C25H28ClN11. The Morgan fingerprint density at radius 1 is 1.11 bits per heavy atom. The molecule has 37 heavy (non-hydrogen) atoms. The van der Waals surface area contributed by atoms with Gasteiger partial charge in [-0.3, -0.25) is 0 Å². The Balaban J connectivity index is 1.23. The molecule has 12 heteroatoms. The topological polar surface area (TPSA) is 133 Å². The van der Waals surface area contributed by atoms with E-state index < -0.39 is 0 Å². The van der Waals surface area contributed by atoms with Crippen LogP contribution in [-0.4, -0.2) is 54.3 Å². The van der Waals surface area contributed by atoms with Gasteiger partial charge in [-0.25, -0.2) is 9.67 Å². The number of hydrogen-bond donors (Lipinski definition) is 2. The maximum absolute atomic E-state index is 8.91. The molecule has 190 valence electrons. The quantitative estimate of drug-likeness (QED) is 0.378. The van der Waals surface area contributed by atoms with Crippen molar-refractivity contribution in [3.63, 3.8) is 0 Å². The van der Waals surface area contributed by atoms with E-state index in [4.69, 9.17) is 16.9 Å². The zero-order valence-electron chi connectivity index (χ0n) is 21.0. The highest BCUT2D eigenvalue weighted by atomic mass is 35.5. The van der Waals surface area contributed by atoms with Crippen LogP contribution in [0.3, 0.4) is 0 Å². The van der Waals surface area contributed by atoms with Crippen molar-refractivity contribution in [3.05, 3.63) is 47.2 Å². The van der Waals surface area contributed by atoms with Gasteiger partial charge in [0.25, 0.3) is 0 Å². The minimum Gasteiger partial charge on any atom is -0.366 e. The van der Waals surface area contributed by atoms with Gasteiger partial charge in [0.15, 0.2) is 17.3 Å². The lowest BCUT2D eigenvalue weighted by Gasteiger charge is -2.33. The molecule has 0 spiro atoms. The highest BCUT2D eigenvalue weighted by molar-refractivity contribution is 6.32. The number of halogens is 1. The minimum atomic E-state index is 0.104. The van der Waals surface area contributed by atoms with E-state index in [1.165, 1.54) is 0 Å². The molecule has 3 aromatic heterocycles. The maximum atomic E-state index is 8.91. The van der Waals surface area contributed by atoms with Crippen LogP contribution < -0.4 is 15.5 Å². The summed E-state index contributed by atoms with van der Waals surface area (Å²) in [6.45, 7) is 8.92.